The number of halogens is 1. The van der Waals surface area contributed by atoms with Gasteiger partial charge in [0.25, 0.3) is 11.4 Å². The molecule has 0 aliphatic rings. The Labute approximate surface area is 163 Å². The van der Waals surface area contributed by atoms with Gasteiger partial charge in [-0.1, -0.05) is 11.2 Å². The first-order valence-corrected chi connectivity index (χ1v) is 9.06. The average Bonchev–Trinajstić information content (AvgIpc) is 3.40. The molecule has 0 saturated carbocycles. The van der Waals surface area contributed by atoms with E-state index in [0.29, 0.717) is 17.0 Å². The second kappa shape index (κ2) is 6.13. The van der Waals surface area contributed by atoms with E-state index in [-0.39, 0.29) is 40.0 Å². The van der Waals surface area contributed by atoms with Crippen molar-refractivity contribution in [3.05, 3.63) is 58.6 Å². The maximum Gasteiger partial charge on any atom is 0.293 e. The molecule has 9 heteroatoms. The van der Waals surface area contributed by atoms with Crippen molar-refractivity contribution in [3.8, 4) is 23.2 Å². The molecule has 0 atom stereocenters. The van der Waals surface area contributed by atoms with E-state index in [1.807, 2.05) is 20.8 Å². The molecule has 146 valence electrons. The van der Waals surface area contributed by atoms with Crippen LogP contribution in [0, 0.1) is 12.7 Å². The number of hydrogen-bond donors (Lipinski definition) is 0. The summed E-state index contributed by atoms with van der Waals surface area (Å²) in [5.74, 6) is 1.00. The summed E-state index contributed by atoms with van der Waals surface area (Å²) in [5, 5.41) is 3.96. The molecule has 0 fully saturated rings. The molecule has 0 N–H and O–H groups in total. The lowest BCUT2D eigenvalue weighted by Crippen LogP contribution is -2.25. The summed E-state index contributed by atoms with van der Waals surface area (Å²) in [6.07, 6.45) is 1.46. The maximum absolute atomic E-state index is 14.6. The lowest BCUT2D eigenvalue weighted by atomic mass is 10.2. The van der Waals surface area contributed by atoms with E-state index in [4.69, 9.17) is 8.94 Å². The Balaban J connectivity index is 1.80. The predicted molar refractivity (Wildman–Crippen MR) is 103 cm³/mol. The quantitative estimate of drug-likeness (QED) is 0.460. The number of hydrogen-bond acceptors (Lipinski definition) is 6. The van der Waals surface area contributed by atoms with Crippen molar-refractivity contribution >= 4 is 16.6 Å². The van der Waals surface area contributed by atoms with Gasteiger partial charge < -0.3 is 8.94 Å². The number of rotatable bonds is 3. The molecular weight excluding hydrogens is 377 g/mol. The fourth-order valence-electron chi connectivity index (χ4n) is 3.51. The van der Waals surface area contributed by atoms with Crippen LogP contribution >= 0.6 is 0 Å². The van der Waals surface area contributed by atoms with Crippen molar-refractivity contribution in [1.29, 1.82) is 0 Å². The highest BCUT2D eigenvalue weighted by Crippen LogP contribution is 2.27. The van der Waals surface area contributed by atoms with Gasteiger partial charge in [-0.25, -0.2) is 9.37 Å². The first kappa shape index (κ1) is 17.4. The Hall–Kier alpha value is -3.75. The number of fused-ring (bicyclic) bond motifs is 3. The Bertz CT molecular complexity index is 1440. The topological polar surface area (TPSA) is 91.4 Å². The summed E-state index contributed by atoms with van der Waals surface area (Å²) >= 11 is 0. The van der Waals surface area contributed by atoms with Crippen LogP contribution in [0.15, 0.2) is 50.4 Å². The van der Waals surface area contributed by atoms with E-state index in [1.165, 1.54) is 17.0 Å². The van der Waals surface area contributed by atoms with Gasteiger partial charge in [0.1, 0.15) is 34.6 Å². The second-order valence-electron chi connectivity index (χ2n) is 7.02. The number of nitrogens with zero attached hydrogens (tertiary/aromatic N) is 5. The Morgan fingerprint density at radius 2 is 1.97 bits per heavy atom. The third kappa shape index (κ3) is 2.50. The molecule has 0 spiro atoms. The summed E-state index contributed by atoms with van der Waals surface area (Å²) in [4.78, 5) is 22.0. The zero-order valence-corrected chi connectivity index (χ0v) is 15.9. The van der Waals surface area contributed by atoms with Gasteiger partial charge in [0.15, 0.2) is 5.76 Å². The van der Waals surface area contributed by atoms with Crippen LogP contribution < -0.4 is 5.56 Å². The molecule has 0 bridgehead atoms. The Morgan fingerprint density at radius 1 is 1.14 bits per heavy atom. The van der Waals surface area contributed by atoms with E-state index in [9.17, 15) is 9.18 Å². The monoisotopic (exact) mass is 393 g/mol. The summed E-state index contributed by atoms with van der Waals surface area (Å²) in [7, 11) is 0. The summed E-state index contributed by atoms with van der Waals surface area (Å²) in [6.45, 7) is 5.46. The minimum Gasteiger partial charge on any atom is -0.456 e. The van der Waals surface area contributed by atoms with Crippen molar-refractivity contribution < 1.29 is 13.3 Å². The zero-order valence-electron chi connectivity index (χ0n) is 15.9. The number of aromatic nitrogens is 5. The molecule has 8 nitrogen and oxygen atoms in total. The van der Waals surface area contributed by atoms with Crippen molar-refractivity contribution in [3.63, 3.8) is 0 Å². The highest BCUT2D eigenvalue weighted by molar-refractivity contribution is 5.84. The molecular formula is C20H16FN5O3. The SMILES string of the molecule is Cc1ccc(-c2nc(-c3ncn4c3c(=O)n(C(C)C)c3c(F)cccc34)no2)o1. The first-order chi connectivity index (χ1) is 14.0. The van der Waals surface area contributed by atoms with Crippen molar-refractivity contribution in [2.24, 2.45) is 0 Å². The van der Waals surface area contributed by atoms with Crippen LogP contribution in [0.25, 0.3) is 39.7 Å². The van der Waals surface area contributed by atoms with Gasteiger partial charge in [-0.3, -0.25) is 13.8 Å². The molecule has 0 saturated heterocycles. The average molecular weight is 393 g/mol. The fraction of sp³-hybridized carbons (Fsp3) is 0.200. The van der Waals surface area contributed by atoms with Gasteiger partial charge in [-0.05, 0) is 45.0 Å². The van der Waals surface area contributed by atoms with Crippen LogP contribution in [0.3, 0.4) is 0 Å². The lowest BCUT2D eigenvalue weighted by molar-refractivity contribution is 0.414. The van der Waals surface area contributed by atoms with E-state index in [2.05, 4.69) is 15.1 Å². The molecule has 5 rings (SSSR count). The molecule has 0 unspecified atom stereocenters. The first-order valence-electron chi connectivity index (χ1n) is 9.06. The highest BCUT2D eigenvalue weighted by atomic mass is 19.1. The van der Waals surface area contributed by atoms with Crippen LogP contribution in [-0.4, -0.2) is 24.1 Å². The molecule has 29 heavy (non-hydrogen) atoms. The molecule has 1 aromatic carbocycles. The van der Waals surface area contributed by atoms with Gasteiger partial charge >= 0.3 is 0 Å². The smallest absolute Gasteiger partial charge is 0.293 e. The number of imidazole rings is 1. The normalized spacial score (nSPS) is 11.9. The van der Waals surface area contributed by atoms with Crippen LogP contribution in [0.4, 0.5) is 4.39 Å². The number of aryl methyl sites for hydroxylation is 1. The van der Waals surface area contributed by atoms with E-state index < -0.39 is 5.82 Å². The van der Waals surface area contributed by atoms with Gasteiger partial charge in [-0.15, -0.1) is 0 Å². The predicted octanol–water partition coefficient (Wildman–Crippen LogP) is 3.99. The second-order valence-corrected chi connectivity index (χ2v) is 7.02. The Kier molecular flexibility index (Phi) is 3.67. The molecule has 5 aromatic rings. The van der Waals surface area contributed by atoms with E-state index >= 15 is 0 Å². The Morgan fingerprint density at radius 3 is 2.69 bits per heavy atom. The molecule has 4 aromatic heterocycles. The lowest BCUT2D eigenvalue weighted by Gasteiger charge is -2.16. The van der Waals surface area contributed by atoms with Crippen molar-refractivity contribution in [2.75, 3.05) is 0 Å². The van der Waals surface area contributed by atoms with Crippen molar-refractivity contribution in [1.82, 2.24) is 24.1 Å². The third-order valence-corrected chi connectivity index (χ3v) is 4.76. The number of furan rings is 1. The van der Waals surface area contributed by atoms with Crippen LogP contribution in [0.2, 0.25) is 0 Å². The zero-order chi connectivity index (χ0) is 20.3. The van der Waals surface area contributed by atoms with Gasteiger partial charge in [-0.2, -0.15) is 4.98 Å². The minimum absolute atomic E-state index is 0.153. The van der Waals surface area contributed by atoms with Crippen molar-refractivity contribution in [2.45, 2.75) is 26.8 Å². The summed E-state index contributed by atoms with van der Waals surface area (Å²) < 4.78 is 28.4. The summed E-state index contributed by atoms with van der Waals surface area (Å²) in [5.41, 5.74) is 0.875. The highest BCUT2D eigenvalue weighted by Gasteiger charge is 2.23. The van der Waals surface area contributed by atoms with Crippen LogP contribution in [-0.2, 0) is 0 Å². The largest absolute Gasteiger partial charge is 0.456 e. The van der Waals surface area contributed by atoms with Crippen LogP contribution in [0.5, 0.6) is 0 Å². The molecule has 0 aliphatic heterocycles. The molecule has 0 aliphatic carbocycles. The minimum atomic E-state index is -0.472. The third-order valence-electron chi connectivity index (χ3n) is 4.76. The standard InChI is InChI=1S/C20H16FN5O3/c1-10(2)26-16-12(21)5-4-6-13(16)25-9-22-15(17(25)20(26)27)18-23-19(29-24-18)14-8-7-11(3)28-14/h4-10H,1-3H3. The van der Waals surface area contributed by atoms with Gasteiger partial charge in [0.2, 0.25) is 5.82 Å². The van der Waals surface area contributed by atoms with E-state index in [0.717, 1.165) is 0 Å². The van der Waals surface area contributed by atoms with Gasteiger partial charge in [0.05, 0.1) is 5.52 Å². The van der Waals surface area contributed by atoms with Crippen LogP contribution in [0.1, 0.15) is 25.6 Å². The molecule has 0 amide bonds. The molecule has 0 radical (unpaired) electrons. The van der Waals surface area contributed by atoms with Gasteiger partial charge in [0, 0.05) is 6.04 Å². The summed E-state index contributed by atoms with van der Waals surface area (Å²) in [6, 6.07) is 7.91. The number of para-hydroxylation sites is 1. The van der Waals surface area contributed by atoms with E-state index in [1.54, 1.807) is 28.7 Å². The molecule has 4 heterocycles. The number of benzene rings is 1. The fourth-order valence-corrected chi connectivity index (χ4v) is 3.51. The maximum atomic E-state index is 14.6.